The molecule has 0 radical (unpaired) electrons. The summed E-state index contributed by atoms with van der Waals surface area (Å²) in [6.07, 6.45) is 0. The number of aliphatic carboxylic acids is 1. The summed E-state index contributed by atoms with van der Waals surface area (Å²) < 4.78 is 5.21. The molecule has 2 amide bonds. The largest absolute Gasteiger partial charge is 0.481 e. The predicted molar refractivity (Wildman–Crippen MR) is 78.0 cm³/mol. The number of nitrogens with one attached hydrogen (secondary N) is 1. The molecule has 7 nitrogen and oxygen atoms in total. The average molecular weight is 293 g/mol. The minimum absolute atomic E-state index is 0.122. The molecule has 1 aliphatic rings. The molecule has 0 saturated carbocycles. The minimum atomic E-state index is -0.956. The van der Waals surface area contributed by atoms with E-state index < -0.39 is 17.9 Å². The van der Waals surface area contributed by atoms with Gasteiger partial charge in [0.1, 0.15) is 5.92 Å². The number of carboxylic acids is 1. The molecule has 2 rings (SSSR count). The number of likely N-dealkylation sites (N-methyl/N-ethyl adjacent to an activating group) is 1. The van der Waals surface area contributed by atoms with Gasteiger partial charge in [0.15, 0.2) is 0 Å². The lowest BCUT2D eigenvalue weighted by Gasteiger charge is -2.29. The number of nitrogen functional groups attached to an aromatic ring is 1. The van der Waals surface area contributed by atoms with Crippen molar-refractivity contribution in [2.45, 2.75) is 13.0 Å². The zero-order chi connectivity index (χ0) is 15.4. The fraction of sp³-hybridized carbons (Fsp3) is 0.429. The van der Waals surface area contributed by atoms with Crippen molar-refractivity contribution in [1.29, 1.82) is 0 Å². The van der Waals surface area contributed by atoms with Gasteiger partial charge in [0, 0.05) is 6.54 Å². The number of urea groups is 1. The molecule has 1 aliphatic heterocycles. The SMILES string of the molecule is CCN(C(=O)Nc1ccccc1N)C1COCC1C(=O)O. The Balaban J connectivity index is 2.12. The van der Waals surface area contributed by atoms with E-state index in [9.17, 15) is 14.7 Å². The lowest BCUT2D eigenvalue weighted by Crippen LogP contribution is -2.48. The Hall–Kier alpha value is -2.28. The summed E-state index contributed by atoms with van der Waals surface area (Å²) in [6, 6.07) is 6.06. The monoisotopic (exact) mass is 293 g/mol. The maximum absolute atomic E-state index is 12.4. The van der Waals surface area contributed by atoms with E-state index in [0.29, 0.717) is 17.9 Å². The van der Waals surface area contributed by atoms with Crippen LogP contribution in [0.5, 0.6) is 0 Å². The highest BCUT2D eigenvalue weighted by molar-refractivity contribution is 5.93. The molecule has 114 valence electrons. The number of carbonyl (C=O) groups excluding carboxylic acids is 1. The van der Waals surface area contributed by atoms with E-state index >= 15 is 0 Å². The van der Waals surface area contributed by atoms with Gasteiger partial charge in [0.2, 0.25) is 0 Å². The van der Waals surface area contributed by atoms with E-state index in [0.717, 1.165) is 0 Å². The van der Waals surface area contributed by atoms with Crippen LogP contribution in [0.4, 0.5) is 16.2 Å². The normalized spacial score (nSPS) is 21.0. The first-order chi connectivity index (χ1) is 10.0. The van der Waals surface area contributed by atoms with Crippen LogP contribution in [0.25, 0.3) is 0 Å². The summed E-state index contributed by atoms with van der Waals surface area (Å²) in [5, 5.41) is 11.9. The van der Waals surface area contributed by atoms with Crippen molar-refractivity contribution in [2.75, 3.05) is 30.8 Å². The van der Waals surface area contributed by atoms with Gasteiger partial charge in [-0.05, 0) is 19.1 Å². The third kappa shape index (κ3) is 3.25. The zero-order valence-electron chi connectivity index (χ0n) is 11.8. The van der Waals surface area contributed by atoms with Gasteiger partial charge in [-0.3, -0.25) is 4.79 Å². The standard InChI is InChI=1S/C14H19N3O4/c1-2-17(12-8-21-7-9(12)13(18)19)14(20)16-11-6-4-3-5-10(11)15/h3-6,9,12H,2,7-8,15H2,1H3,(H,16,20)(H,18,19). The fourth-order valence-corrected chi connectivity index (χ4v) is 2.41. The van der Waals surface area contributed by atoms with Gasteiger partial charge in [0.05, 0.1) is 30.6 Å². The number of benzene rings is 1. The Morgan fingerprint density at radius 1 is 1.43 bits per heavy atom. The van der Waals surface area contributed by atoms with Crippen molar-refractivity contribution in [3.05, 3.63) is 24.3 Å². The molecule has 1 fully saturated rings. The molecule has 0 bridgehead atoms. The molecule has 1 aromatic rings. The summed E-state index contributed by atoms with van der Waals surface area (Å²) >= 11 is 0. The van der Waals surface area contributed by atoms with Gasteiger partial charge in [-0.15, -0.1) is 0 Å². The quantitative estimate of drug-likeness (QED) is 0.724. The molecule has 21 heavy (non-hydrogen) atoms. The molecule has 7 heteroatoms. The lowest BCUT2D eigenvalue weighted by molar-refractivity contribution is -0.142. The molecule has 2 atom stereocenters. The van der Waals surface area contributed by atoms with Crippen LogP contribution in [0.15, 0.2) is 24.3 Å². The number of para-hydroxylation sites is 2. The van der Waals surface area contributed by atoms with Crippen LogP contribution in [0.2, 0.25) is 0 Å². The Labute approximate surface area is 122 Å². The molecule has 2 unspecified atom stereocenters. The van der Waals surface area contributed by atoms with E-state index in [1.165, 1.54) is 4.90 Å². The summed E-state index contributed by atoms with van der Waals surface area (Å²) in [4.78, 5) is 25.0. The Bertz CT molecular complexity index is 535. The number of carbonyl (C=O) groups is 2. The smallest absolute Gasteiger partial charge is 0.322 e. The number of amides is 2. The first kappa shape index (κ1) is 15.1. The van der Waals surface area contributed by atoms with Crippen LogP contribution in [0.3, 0.4) is 0 Å². The number of nitrogens with two attached hydrogens (primary N) is 1. The highest BCUT2D eigenvalue weighted by Gasteiger charge is 2.39. The van der Waals surface area contributed by atoms with Crippen molar-refractivity contribution in [3.63, 3.8) is 0 Å². The van der Waals surface area contributed by atoms with E-state index in [1.54, 1.807) is 31.2 Å². The molecule has 0 aliphatic carbocycles. The molecule has 1 heterocycles. The van der Waals surface area contributed by atoms with Gasteiger partial charge in [-0.25, -0.2) is 4.79 Å². The third-order valence-electron chi connectivity index (χ3n) is 3.57. The Morgan fingerprint density at radius 2 is 2.14 bits per heavy atom. The maximum Gasteiger partial charge on any atom is 0.322 e. The van der Waals surface area contributed by atoms with E-state index in [1.807, 2.05) is 0 Å². The van der Waals surface area contributed by atoms with E-state index in [2.05, 4.69) is 5.32 Å². The minimum Gasteiger partial charge on any atom is -0.481 e. The first-order valence-electron chi connectivity index (χ1n) is 6.77. The van der Waals surface area contributed by atoms with E-state index in [-0.39, 0.29) is 19.2 Å². The maximum atomic E-state index is 12.4. The van der Waals surface area contributed by atoms with Gasteiger partial charge in [0.25, 0.3) is 0 Å². The van der Waals surface area contributed by atoms with Gasteiger partial charge in [-0.1, -0.05) is 12.1 Å². The Morgan fingerprint density at radius 3 is 2.76 bits per heavy atom. The van der Waals surface area contributed by atoms with Crippen molar-refractivity contribution in [3.8, 4) is 0 Å². The van der Waals surface area contributed by atoms with Crippen LogP contribution in [-0.2, 0) is 9.53 Å². The molecular weight excluding hydrogens is 274 g/mol. The summed E-state index contributed by atoms with van der Waals surface area (Å²) in [5.74, 6) is -1.66. The van der Waals surface area contributed by atoms with Crippen LogP contribution in [-0.4, -0.2) is 47.8 Å². The van der Waals surface area contributed by atoms with Gasteiger partial charge >= 0.3 is 12.0 Å². The topological polar surface area (TPSA) is 105 Å². The van der Waals surface area contributed by atoms with Crippen LogP contribution < -0.4 is 11.1 Å². The second-order valence-electron chi connectivity index (χ2n) is 4.85. The highest BCUT2D eigenvalue weighted by Crippen LogP contribution is 2.22. The summed E-state index contributed by atoms with van der Waals surface area (Å²) in [5.41, 5.74) is 6.75. The van der Waals surface area contributed by atoms with Gasteiger partial charge < -0.3 is 25.8 Å². The number of carboxylic acid groups (broad SMARTS) is 1. The highest BCUT2D eigenvalue weighted by atomic mass is 16.5. The number of rotatable bonds is 4. The van der Waals surface area contributed by atoms with Crippen molar-refractivity contribution in [2.24, 2.45) is 5.92 Å². The molecule has 0 spiro atoms. The van der Waals surface area contributed by atoms with E-state index in [4.69, 9.17) is 10.5 Å². The third-order valence-corrected chi connectivity index (χ3v) is 3.57. The second-order valence-corrected chi connectivity index (χ2v) is 4.85. The number of anilines is 2. The number of hydrogen-bond acceptors (Lipinski definition) is 4. The average Bonchev–Trinajstić information content (AvgIpc) is 2.91. The van der Waals surface area contributed by atoms with Crippen LogP contribution in [0.1, 0.15) is 6.92 Å². The molecule has 1 saturated heterocycles. The summed E-state index contributed by atoms with van der Waals surface area (Å²) in [7, 11) is 0. The van der Waals surface area contributed by atoms with Crippen molar-refractivity contribution < 1.29 is 19.4 Å². The molecule has 4 N–H and O–H groups in total. The van der Waals surface area contributed by atoms with Gasteiger partial charge in [-0.2, -0.15) is 0 Å². The lowest BCUT2D eigenvalue weighted by atomic mass is 10.0. The summed E-state index contributed by atoms with van der Waals surface area (Å²) in [6.45, 7) is 2.53. The van der Waals surface area contributed by atoms with Crippen LogP contribution in [0, 0.1) is 5.92 Å². The number of nitrogens with zero attached hydrogens (tertiary/aromatic N) is 1. The predicted octanol–water partition coefficient (Wildman–Crippen LogP) is 1.22. The first-order valence-corrected chi connectivity index (χ1v) is 6.77. The second kappa shape index (κ2) is 6.45. The molecule has 1 aromatic carbocycles. The van der Waals surface area contributed by atoms with Crippen molar-refractivity contribution >= 4 is 23.4 Å². The zero-order valence-corrected chi connectivity index (χ0v) is 11.8. The number of ether oxygens (including phenoxy) is 1. The fourth-order valence-electron chi connectivity index (χ4n) is 2.41. The molecule has 0 aromatic heterocycles. The van der Waals surface area contributed by atoms with Crippen molar-refractivity contribution in [1.82, 2.24) is 4.90 Å². The Kier molecular flexibility index (Phi) is 4.64. The molecular formula is C14H19N3O4. The van der Waals surface area contributed by atoms with Crippen LogP contribution >= 0.6 is 0 Å². The number of hydrogen-bond donors (Lipinski definition) is 3.